The van der Waals surface area contributed by atoms with E-state index < -0.39 is 0 Å². The number of nitrogens with two attached hydrogens (primary N) is 1. The maximum absolute atomic E-state index is 5.67. The Balaban J connectivity index is 3.07. The summed E-state index contributed by atoms with van der Waals surface area (Å²) in [4.78, 5) is 0. The summed E-state index contributed by atoms with van der Waals surface area (Å²) in [6, 6.07) is 0.149. The van der Waals surface area contributed by atoms with Crippen LogP contribution in [0.25, 0.3) is 0 Å². The van der Waals surface area contributed by atoms with E-state index in [1.165, 1.54) is 32.1 Å². The zero-order valence-electron chi connectivity index (χ0n) is 9.38. The zero-order valence-corrected chi connectivity index (χ0v) is 9.38. The smallest absolute Gasteiger partial charge is 0.0695 e. The van der Waals surface area contributed by atoms with Crippen molar-refractivity contribution in [3.63, 3.8) is 0 Å². The first-order valence-electron chi connectivity index (χ1n) is 5.55. The van der Waals surface area contributed by atoms with Gasteiger partial charge < -0.3 is 10.5 Å². The van der Waals surface area contributed by atoms with Crippen LogP contribution in [0.1, 0.15) is 52.9 Å². The monoisotopic (exact) mass is 187 g/mol. The van der Waals surface area contributed by atoms with Crippen LogP contribution >= 0.6 is 0 Å². The van der Waals surface area contributed by atoms with Crippen LogP contribution < -0.4 is 5.73 Å². The second-order valence-electron chi connectivity index (χ2n) is 3.85. The number of unbranched alkanes of at least 4 members (excludes halogenated alkanes) is 4. The molecular formula is C11H25NO. The quantitative estimate of drug-likeness (QED) is 0.593. The first-order valence-corrected chi connectivity index (χ1v) is 5.55. The molecule has 0 aromatic heterocycles. The third kappa shape index (κ3) is 8.26. The van der Waals surface area contributed by atoms with Crippen molar-refractivity contribution in [2.24, 2.45) is 5.73 Å². The number of ether oxygens (including phenoxy) is 1. The molecule has 0 aliphatic rings. The number of hydrogen-bond acceptors (Lipinski definition) is 2. The zero-order chi connectivity index (χ0) is 10.1. The molecule has 0 saturated heterocycles. The van der Waals surface area contributed by atoms with E-state index >= 15 is 0 Å². The van der Waals surface area contributed by atoms with Crippen LogP contribution in [-0.4, -0.2) is 18.8 Å². The average Bonchev–Trinajstić information content (AvgIpc) is 2.10. The van der Waals surface area contributed by atoms with Crippen LogP contribution in [0.2, 0.25) is 0 Å². The summed E-state index contributed by atoms with van der Waals surface area (Å²) in [5.41, 5.74) is 5.67. The molecule has 0 spiro atoms. The van der Waals surface area contributed by atoms with Crippen LogP contribution in [0.3, 0.4) is 0 Å². The lowest BCUT2D eigenvalue weighted by atomic mass is 10.1. The predicted molar refractivity (Wildman–Crippen MR) is 57.8 cm³/mol. The van der Waals surface area contributed by atoms with Gasteiger partial charge in [-0.25, -0.2) is 0 Å². The minimum atomic E-state index is 0.149. The molecule has 0 aliphatic heterocycles. The molecule has 80 valence electrons. The Morgan fingerprint density at radius 2 is 1.69 bits per heavy atom. The fraction of sp³-hybridized carbons (Fsp3) is 1.00. The summed E-state index contributed by atoms with van der Waals surface area (Å²) in [7, 11) is 0. The SMILES string of the molecule is CCCCCCCOC(C)C(C)N. The largest absolute Gasteiger partial charge is 0.377 e. The van der Waals surface area contributed by atoms with Gasteiger partial charge in [-0.3, -0.25) is 0 Å². The summed E-state index contributed by atoms with van der Waals surface area (Å²) in [5.74, 6) is 0. The molecule has 0 heterocycles. The van der Waals surface area contributed by atoms with E-state index in [1.807, 2.05) is 13.8 Å². The summed E-state index contributed by atoms with van der Waals surface area (Å²) in [6.45, 7) is 7.12. The van der Waals surface area contributed by atoms with Gasteiger partial charge in [0.1, 0.15) is 0 Å². The minimum absolute atomic E-state index is 0.149. The van der Waals surface area contributed by atoms with Crippen LogP contribution in [-0.2, 0) is 4.74 Å². The van der Waals surface area contributed by atoms with Crippen LogP contribution in [0, 0.1) is 0 Å². The third-order valence-corrected chi connectivity index (χ3v) is 2.37. The van der Waals surface area contributed by atoms with Crippen molar-refractivity contribution in [1.82, 2.24) is 0 Å². The number of hydrogen-bond donors (Lipinski definition) is 1. The molecule has 2 nitrogen and oxygen atoms in total. The highest BCUT2D eigenvalue weighted by atomic mass is 16.5. The van der Waals surface area contributed by atoms with Gasteiger partial charge in [0.2, 0.25) is 0 Å². The molecule has 0 aromatic carbocycles. The lowest BCUT2D eigenvalue weighted by Gasteiger charge is -2.16. The predicted octanol–water partition coefficient (Wildman–Crippen LogP) is 2.71. The van der Waals surface area contributed by atoms with E-state index in [0.717, 1.165) is 6.61 Å². The van der Waals surface area contributed by atoms with Gasteiger partial charge in [-0.1, -0.05) is 32.6 Å². The molecular weight excluding hydrogens is 162 g/mol. The molecule has 0 aliphatic carbocycles. The minimum Gasteiger partial charge on any atom is -0.377 e. The van der Waals surface area contributed by atoms with Gasteiger partial charge >= 0.3 is 0 Å². The molecule has 0 rings (SSSR count). The van der Waals surface area contributed by atoms with Gasteiger partial charge in [0, 0.05) is 12.6 Å². The van der Waals surface area contributed by atoms with Gasteiger partial charge in [-0.05, 0) is 20.3 Å². The summed E-state index contributed by atoms with van der Waals surface area (Å²) in [6.07, 6.45) is 6.66. The Morgan fingerprint density at radius 1 is 1.08 bits per heavy atom. The lowest BCUT2D eigenvalue weighted by Crippen LogP contribution is -2.31. The molecule has 2 unspecified atom stereocenters. The fourth-order valence-corrected chi connectivity index (χ4v) is 1.13. The lowest BCUT2D eigenvalue weighted by molar-refractivity contribution is 0.0496. The Bertz CT molecular complexity index is 104. The summed E-state index contributed by atoms with van der Waals surface area (Å²) in [5, 5.41) is 0. The first kappa shape index (κ1) is 12.9. The van der Waals surface area contributed by atoms with Crippen molar-refractivity contribution >= 4 is 0 Å². The van der Waals surface area contributed by atoms with Crippen LogP contribution in [0.15, 0.2) is 0 Å². The molecule has 0 bridgehead atoms. The van der Waals surface area contributed by atoms with Crippen LogP contribution in [0.4, 0.5) is 0 Å². The Hall–Kier alpha value is -0.0800. The van der Waals surface area contributed by atoms with E-state index in [0.29, 0.717) is 0 Å². The van der Waals surface area contributed by atoms with Gasteiger partial charge in [-0.15, -0.1) is 0 Å². The van der Waals surface area contributed by atoms with Crippen molar-refractivity contribution in [3.8, 4) is 0 Å². The fourth-order valence-electron chi connectivity index (χ4n) is 1.13. The highest BCUT2D eigenvalue weighted by Crippen LogP contribution is 2.04. The van der Waals surface area contributed by atoms with Crippen molar-refractivity contribution in [2.75, 3.05) is 6.61 Å². The highest BCUT2D eigenvalue weighted by molar-refractivity contribution is 4.61. The maximum atomic E-state index is 5.67. The Labute approximate surface area is 82.8 Å². The standard InChI is InChI=1S/C11H25NO/c1-4-5-6-7-8-9-13-11(3)10(2)12/h10-11H,4-9,12H2,1-3H3. The van der Waals surface area contributed by atoms with E-state index in [-0.39, 0.29) is 12.1 Å². The molecule has 0 aromatic rings. The van der Waals surface area contributed by atoms with Crippen LogP contribution in [0.5, 0.6) is 0 Å². The molecule has 13 heavy (non-hydrogen) atoms. The molecule has 0 radical (unpaired) electrons. The molecule has 0 amide bonds. The van der Waals surface area contributed by atoms with Crippen molar-refractivity contribution in [3.05, 3.63) is 0 Å². The van der Waals surface area contributed by atoms with Gasteiger partial charge in [0.05, 0.1) is 6.10 Å². The molecule has 2 atom stereocenters. The second kappa shape index (κ2) is 8.52. The second-order valence-corrected chi connectivity index (χ2v) is 3.85. The average molecular weight is 187 g/mol. The summed E-state index contributed by atoms with van der Waals surface area (Å²) >= 11 is 0. The van der Waals surface area contributed by atoms with E-state index in [9.17, 15) is 0 Å². The van der Waals surface area contributed by atoms with Gasteiger partial charge in [-0.2, -0.15) is 0 Å². The normalized spacial score (nSPS) is 15.7. The Morgan fingerprint density at radius 3 is 2.23 bits per heavy atom. The maximum Gasteiger partial charge on any atom is 0.0695 e. The van der Waals surface area contributed by atoms with Crippen molar-refractivity contribution in [2.45, 2.75) is 65.0 Å². The van der Waals surface area contributed by atoms with E-state index in [2.05, 4.69) is 6.92 Å². The topological polar surface area (TPSA) is 35.2 Å². The van der Waals surface area contributed by atoms with Gasteiger partial charge in [0.15, 0.2) is 0 Å². The molecule has 2 heteroatoms. The third-order valence-electron chi connectivity index (χ3n) is 2.37. The van der Waals surface area contributed by atoms with Crippen molar-refractivity contribution < 1.29 is 4.74 Å². The summed E-state index contributed by atoms with van der Waals surface area (Å²) < 4.78 is 5.56. The van der Waals surface area contributed by atoms with E-state index in [4.69, 9.17) is 10.5 Å². The van der Waals surface area contributed by atoms with Crippen molar-refractivity contribution in [1.29, 1.82) is 0 Å². The Kier molecular flexibility index (Phi) is 8.46. The first-order chi connectivity index (χ1) is 6.18. The number of rotatable bonds is 8. The molecule has 0 saturated carbocycles. The molecule has 0 fully saturated rings. The highest BCUT2D eigenvalue weighted by Gasteiger charge is 2.05. The van der Waals surface area contributed by atoms with Gasteiger partial charge in [0.25, 0.3) is 0 Å². The molecule has 2 N–H and O–H groups in total. The van der Waals surface area contributed by atoms with E-state index in [1.54, 1.807) is 0 Å².